The number of carbonyl (C=O) groups excluding carboxylic acids is 2. The van der Waals surface area contributed by atoms with Crippen LogP contribution in [-0.4, -0.2) is 50.3 Å². The third kappa shape index (κ3) is 3.60. The monoisotopic (exact) mass is 342 g/mol. The number of likely N-dealkylation sites (tertiary alicyclic amines) is 1. The number of nitrogens with one attached hydrogen (secondary N) is 3. The second-order valence-corrected chi connectivity index (χ2v) is 5.95. The predicted molar refractivity (Wildman–Crippen MR) is 95.7 cm³/mol. The summed E-state index contributed by atoms with van der Waals surface area (Å²) < 4.78 is 5.44. The van der Waals surface area contributed by atoms with Crippen molar-refractivity contribution in [2.24, 2.45) is 0 Å². The lowest BCUT2D eigenvalue weighted by atomic mass is 10.0. The normalized spacial score (nSPS) is 13.9. The molecule has 7 nitrogen and oxygen atoms in total. The van der Waals surface area contributed by atoms with Gasteiger partial charge in [-0.1, -0.05) is 30.3 Å². The van der Waals surface area contributed by atoms with Gasteiger partial charge in [-0.15, -0.1) is 0 Å². The van der Waals surface area contributed by atoms with Gasteiger partial charge in [-0.25, -0.2) is 9.59 Å². The van der Waals surface area contributed by atoms with E-state index in [0.29, 0.717) is 19.6 Å². The number of amides is 4. The van der Waals surface area contributed by atoms with E-state index < -0.39 is 0 Å². The molecular weight excluding hydrogens is 320 g/mol. The zero-order chi connectivity index (χ0) is 17.8. The Morgan fingerprint density at radius 2 is 1.96 bits per heavy atom. The van der Waals surface area contributed by atoms with Crippen molar-refractivity contribution in [3.8, 4) is 5.75 Å². The van der Waals surface area contributed by atoms with Crippen LogP contribution in [0.1, 0.15) is 5.56 Å². The van der Waals surface area contributed by atoms with E-state index in [1.165, 1.54) is 0 Å². The molecule has 25 heavy (non-hydrogen) atoms. The zero-order valence-electron chi connectivity index (χ0n) is 14.3. The molecule has 2 aromatic carbocycles. The number of nitrogens with zero attached hydrogens (tertiary/aromatic N) is 1. The van der Waals surface area contributed by atoms with Crippen LogP contribution in [0.15, 0.2) is 36.4 Å². The second-order valence-electron chi connectivity index (χ2n) is 5.95. The van der Waals surface area contributed by atoms with Gasteiger partial charge in [-0.2, -0.15) is 0 Å². The first-order chi connectivity index (χ1) is 12.1. The van der Waals surface area contributed by atoms with Crippen molar-refractivity contribution in [1.29, 1.82) is 0 Å². The number of benzene rings is 2. The van der Waals surface area contributed by atoms with Crippen LogP contribution in [0.2, 0.25) is 0 Å². The van der Waals surface area contributed by atoms with E-state index in [9.17, 15) is 9.59 Å². The lowest BCUT2D eigenvalue weighted by Crippen LogP contribution is -2.63. The number of carbonyl (C=O) groups is 2. The Morgan fingerprint density at radius 1 is 1.20 bits per heavy atom. The minimum absolute atomic E-state index is 0.00204. The maximum atomic E-state index is 12.3. The van der Waals surface area contributed by atoms with Gasteiger partial charge in [0.2, 0.25) is 0 Å². The first kappa shape index (κ1) is 16.9. The summed E-state index contributed by atoms with van der Waals surface area (Å²) >= 11 is 0. The molecule has 0 aromatic heterocycles. The van der Waals surface area contributed by atoms with Crippen molar-refractivity contribution in [3.05, 3.63) is 42.0 Å². The average Bonchev–Trinajstić information content (AvgIpc) is 2.61. The van der Waals surface area contributed by atoms with E-state index in [1.54, 1.807) is 19.1 Å². The fourth-order valence-electron chi connectivity index (χ4n) is 2.96. The summed E-state index contributed by atoms with van der Waals surface area (Å²) in [6.45, 7) is 1.39. The molecule has 1 saturated heterocycles. The molecule has 0 spiro atoms. The topological polar surface area (TPSA) is 82.7 Å². The smallest absolute Gasteiger partial charge is 0.317 e. The van der Waals surface area contributed by atoms with Gasteiger partial charge in [-0.05, 0) is 16.8 Å². The quantitative estimate of drug-likeness (QED) is 0.790. The highest BCUT2D eigenvalue weighted by molar-refractivity contribution is 5.88. The maximum absolute atomic E-state index is 12.3. The minimum Gasteiger partial charge on any atom is -0.496 e. The Kier molecular flexibility index (Phi) is 4.92. The number of hydrogen-bond donors (Lipinski definition) is 3. The standard InChI is InChI=1S/C18H22N4O3/c1-19-17(23)21-13-10-22(11-13)18(24)20-9-15-14-6-4-3-5-12(14)7-8-16(15)25-2/h3-8,13H,9-11H2,1-2H3,(H,20,24)(H2,19,21,23). The van der Waals surface area contributed by atoms with E-state index >= 15 is 0 Å². The van der Waals surface area contributed by atoms with Crippen LogP contribution in [0.25, 0.3) is 10.8 Å². The van der Waals surface area contributed by atoms with Gasteiger partial charge in [-0.3, -0.25) is 0 Å². The maximum Gasteiger partial charge on any atom is 0.317 e. The highest BCUT2D eigenvalue weighted by Gasteiger charge is 2.31. The molecule has 7 heteroatoms. The van der Waals surface area contributed by atoms with Crippen LogP contribution in [-0.2, 0) is 6.54 Å². The van der Waals surface area contributed by atoms with Gasteiger partial charge >= 0.3 is 12.1 Å². The number of ether oxygens (including phenoxy) is 1. The summed E-state index contributed by atoms with van der Waals surface area (Å²) in [7, 11) is 3.19. The SMILES string of the molecule is CNC(=O)NC1CN(C(=O)NCc2c(OC)ccc3ccccc23)C1. The van der Waals surface area contributed by atoms with E-state index in [1.807, 2.05) is 36.4 Å². The van der Waals surface area contributed by atoms with Gasteiger partial charge < -0.3 is 25.6 Å². The summed E-state index contributed by atoms with van der Waals surface area (Å²) in [5.74, 6) is 0.752. The molecule has 0 bridgehead atoms. The third-order valence-corrected chi connectivity index (χ3v) is 4.36. The molecule has 0 unspecified atom stereocenters. The van der Waals surface area contributed by atoms with E-state index in [2.05, 4.69) is 16.0 Å². The molecule has 0 aliphatic carbocycles. The highest BCUT2D eigenvalue weighted by Crippen LogP contribution is 2.27. The number of fused-ring (bicyclic) bond motifs is 1. The molecule has 3 rings (SSSR count). The molecule has 1 fully saturated rings. The molecule has 0 saturated carbocycles. The number of urea groups is 2. The van der Waals surface area contributed by atoms with Crippen LogP contribution >= 0.6 is 0 Å². The fraction of sp³-hybridized carbons (Fsp3) is 0.333. The van der Waals surface area contributed by atoms with Crippen LogP contribution in [0.4, 0.5) is 9.59 Å². The third-order valence-electron chi connectivity index (χ3n) is 4.36. The first-order valence-corrected chi connectivity index (χ1v) is 8.18. The fourth-order valence-corrected chi connectivity index (χ4v) is 2.96. The molecule has 0 radical (unpaired) electrons. The molecule has 1 aliphatic rings. The molecule has 4 amide bonds. The summed E-state index contributed by atoms with van der Waals surface area (Å²) in [4.78, 5) is 25.2. The van der Waals surface area contributed by atoms with Crippen molar-refractivity contribution in [2.75, 3.05) is 27.2 Å². The lowest BCUT2D eigenvalue weighted by Gasteiger charge is -2.39. The van der Waals surface area contributed by atoms with Gasteiger partial charge in [0.15, 0.2) is 0 Å². The molecule has 1 heterocycles. The van der Waals surface area contributed by atoms with E-state index in [0.717, 1.165) is 22.1 Å². The van der Waals surface area contributed by atoms with Crippen molar-refractivity contribution in [1.82, 2.24) is 20.9 Å². The van der Waals surface area contributed by atoms with E-state index in [-0.39, 0.29) is 18.1 Å². The Balaban J connectivity index is 1.62. The number of hydrogen-bond acceptors (Lipinski definition) is 3. The van der Waals surface area contributed by atoms with Crippen molar-refractivity contribution in [2.45, 2.75) is 12.6 Å². The largest absolute Gasteiger partial charge is 0.496 e. The molecular formula is C18H22N4O3. The summed E-state index contributed by atoms with van der Waals surface area (Å²) in [6.07, 6.45) is 0. The van der Waals surface area contributed by atoms with Crippen molar-refractivity contribution < 1.29 is 14.3 Å². The van der Waals surface area contributed by atoms with Crippen LogP contribution < -0.4 is 20.7 Å². The van der Waals surface area contributed by atoms with Crippen LogP contribution in [0, 0.1) is 0 Å². The zero-order valence-corrected chi connectivity index (χ0v) is 14.3. The Morgan fingerprint density at radius 3 is 2.68 bits per heavy atom. The average molecular weight is 342 g/mol. The highest BCUT2D eigenvalue weighted by atomic mass is 16.5. The number of methoxy groups -OCH3 is 1. The Labute approximate surface area is 146 Å². The summed E-state index contributed by atoms with van der Waals surface area (Å²) in [5, 5.41) is 10.4. The first-order valence-electron chi connectivity index (χ1n) is 8.18. The Bertz CT molecular complexity index is 787. The molecule has 0 atom stereocenters. The van der Waals surface area contributed by atoms with Gasteiger partial charge in [0, 0.05) is 32.2 Å². The Hall–Kier alpha value is -2.96. The van der Waals surface area contributed by atoms with Gasteiger partial charge in [0.05, 0.1) is 13.2 Å². The minimum atomic E-state index is -0.231. The summed E-state index contributed by atoms with van der Waals surface area (Å²) in [5.41, 5.74) is 0.953. The summed E-state index contributed by atoms with van der Waals surface area (Å²) in [6, 6.07) is 11.5. The molecule has 132 valence electrons. The lowest BCUT2D eigenvalue weighted by molar-refractivity contribution is 0.139. The second kappa shape index (κ2) is 7.29. The van der Waals surface area contributed by atoms with Crippen molar-refractivity contribution in [3.63, 3.8) is 0 Å². The van der Waals surface area contributed by atoms with Crippen LogP contribution in [0.3, 0.4) is 0 Å². The number of rotatable bonds is 4. The van der Waals surface area contributed by atoms with Crippen molar-refractivity contribution >= 4 is 22.8 Å². The van der Waals surface area contributed by atoms with Gasteiger partial charge in [0.25, 0.3) is 0 Å². The van der Waals surface area contributed by atoms with E-state index in [4.69, 9.17) is 4.74 Å². The molecule has 2 aromatic rings. The van der Waals surface area contributed by atoms with Gasteiger partial charge in [0.1, 0.15) is 5.75 Å². The molecule has 3 N–H and O–H groups in total. The predicted octanol–water partition coefficient (Wildman–Crippen LogP) is 1.67. The van der Waals surface area contributed by atoms with Crippen LogP contribution in [0.5, 0.6) is 5.75 Å². The molecule has 1 aliphatic heterocycles.